The maximum Gasteiger partial charge on any atom is 1.00 e. The number of fused-ring (bicyclic) bond motifs is 5. The molecule has 0 radical (unpaired) electrons. The topological polar surface area (TPSA) is 194 Å². The predicted octanol–water partition coefficient (Wildman–Crippen LogP) is 4.13. The van der Waals surface area contributed by atoms with Crippen LogP contribution in [0.2, 0.25) is 15.5 Å². The summed E-state index contributed by atoms with van der Waals surface area (Å²) >= 11 is 17.5. The molecule has 350 valence electrons. The van der Waals surface area contributed by atoms with E-state index in [1.54, 1.807) is 51.1 Å². The molecule has 3 aliphatic heterocycles. The molecule has 0 amide bonds. The van der Waals surface area contributed by atoms with Gasteiger partial charge in [-0.2, -0.15) is 4.52 Å². The molecule has 0 saturated carbocycles. The van der Waals surface area contributed by atoms with Gasteiger partial charge in [0.1, 0.15) is 16.6 Å². The first kappa shape index (κ1) is 53.4. The van der Waals surface area contributed by atoms with Crippen molar-refractivity contribution < 1.29 is 42.7 Å². The number of tetrazole rings is 1. The second-order valence-corrected chi connectivity index (χ2v) is 17.0. The fourth-order valence-electron chi connectivity index (χ4n) is 7.12. The number of nitrogens with zero attached hydrogens (tertiary/aromatic N) is 17. The number of hydrogen-bond donors (Lipinski definition) is 1. The Bertz CT molecular complexity index is 2830. The molecule has 67 heavy (non-hydrogen) atoms. The molecule has 7 heterocycles. The molecular weight excluding hydrogens is 943 g/mol. The Morgan fingerprint density at radius 3 is 1.48 bits per heavy atom. The number of halogens is 6. The molecule has 1 N–H and O–H groups in total. The van der Waals surface area contributed by atoms with Crippen LogP contribution in [0.5, 0.6) is 0 Å². The first-order chi connectivity index (χ1) is 31.6. The Morgan fingerprint density at radius 1 is 0.552 bits per heavy atom. The maximum atomic E-state index is 14.5. The van der Waals surface area contributed by atoms with E-state index in [9.17, 15) is 13.2 Å². The van der Waals surface area contributed by atoms with Gasteiger partial charge in [-0.15, -0.1) is 5.10 Å². The van der Waals surface area contributed by atoms with Gasteiger partial charge in [-0.1, -0.05) is 53.0 Å². The summed E-state index contributed by atoms with van der Waals surface area (Å²) in [5.74, 6) is 0.284. The van der Waals surface area contributed by atoms with E-state index in [1.165, 1.54) is 22.5 Å². The van der Waals surface area contributed by atoms with Crippen LogP contribution in [0.15, 0.2) is 36.4 Å². The van der Waals surface area contributed by atoms with Crippen LogP contribution >= 0.6 is 34.8 Å². The normalized spacial score (nSPS) is 15.6. The number of benzene rings is 3. The van der Waals surface area contributed by atoms with Crippen molar-refractivity contribution in [1.82, 2.24) is 65.0 Å². The van der Waals surface area contributed by atoms with E-state index in [0.717, 1.165) is 65.4 Å². The Morgan fingerprint density at radius 2 is 0.970 bits per heavy atom. The molecule has 18 nitrogen and oxygen atoms in total. The Labute approximate surface area is 422 Å². The number of likely N-dealkylation sites (N-methyl/N-ethyl adjacent to an activating group) is 3. The summed E-state index contributed by atoms with van der Waals surface area (Å²) in [6.45, 7) is 17.1. The number of aryl methyl sites for hydroxylation is 3. The zero-order valence-electron chi connectivity index (χ0n) is 38.3. The van der Waals surface area contributed by atoms with E-state index in [0.29, 0.717) is 56.0 Å². The third-order valence-corrected chi connectivity index (χ3v) is 12.0. The summed E-state index contributed by atoms with van der Waals surface area (Å²) in [5.41, 5.74) is 17.9. The van der Waals surface area contributed by atoms with Crippen molar-refractivity contribution in [2.75, 3.05) is 109 Å². The van der Waals surface area contributed by atoms with Crippen molar-refractivity contribution in [2.45, 2.75) is 20.8 Å². The minimum atomic E-state index is -0.409. The summed E-state index contributed by atoms with van der Waals surface area (Å²) in [4.78, 5) is 33.7. The predicted molar refractivity (Wildman–Crippen MR) is 254 cm³/mol. The van der Waals surface area contributed by atoms with Crippen LogP contribution in [-0.2, 0) is 0 Å². The Kier molecular flexibility index (Phi) is 19.7. The average Bonchev–Trinajstić information content (AvgIpc) is 3.80. The van der Waals surface area contributed by atoms with Crippen LogP contribution in [0.1, 0.15) is 16.7 Å². The van der Waals surface area contributed by atoms with E-state index in [-0.39, 0.29) is 67.7 Å². The van der Waals surface area contributed by atoms with Crippen molar-refractivity contribution in [3.63, 3.8) is 0 Å². The molecule has 7 aromatic rings. The third-order valence-electron chi connectivity index (χ3n) is 11.1. The van der Waals surface area contributed by atoms with Crippen LogP contribution in [0, 0.1) is 38.2 Å². The number of hydrogen-bond acceptors (Lipinski definition) is 14. The van der Waals surface area contributed by atoms with E-state index in [2.05, 4.69) is 91.4 Å². The van der Waals surface area contributed by atoms with Gasteiger partial charge in [0, 0.05) is 78.5 Å². The van der Waals surface area contributed by atoms with Crippen molar-refractivity contribution in [3.05, 3.63) is 102 Å². The average molecular weight is 992 g/mol. The molecule has 3 saturated heterocycles. The van der Waals surface area contributed by atoms with Gasteiger partial charge in [-0.25, -0.2) is 38.1 Å². The first-order valence-electron chi connectivity index (χ1n) is 20.9. The number of anilines is 2. The fraction of sp³-hybridized carbons (Fsp3) is 0.429. The van der Waals surface area contributed by atoms with E-state index in [1.807, 2.05) is 6.07 Å². The minimum absolute atomic E-state index is 0. The molecule has 3 fully saturated rings. The molecular formula is C42H49Cl3F3N18Na. The molecule has 0 spiro atoms. The van der Waals surface area contributed by atoms with Gasteiger partial charge in [0.15, 0.2) is 44.5 Å². The zero-order valence-corrected chi connectivity index (χ0v) is 42.6. The van der Waals surface area contributed by atoms with Gasteiger partial charge in [0.05, 0.1) is 16.6 Å². The Hall–Kier alpha value is -4.51. The zero-order chi connectivity index (χ0) is 47.7. The van der Waals surface area contributed by atoms with Gasteiger partial charge >= 0.3 is 29.6 Å². The quantitative estimate of drug-likeness (QED) is 0.113. The number of rotatable bonds is 2. The second-order valence-electron chi connectivity index (χ2n) is 15.9. The van der Waals surface area contributed by atoms with Crippen LogP contribution in [0.4, 0.5) is 24.8 Å². The van der Waals surface area contributed by atoms with Crippen LogP contribution < -0.4 is 44.7 Å². The molecule has 25 heteroatoms. The van der Waals surface area contributed by atoms with Crippen LogP contribution in [0.3, 0.4) is 0 Å². The van der Waals surface area contributed by atoms with Crippen molar-refractivity contribution in [2.24, 2.45) is 0 Å². The van der Waals surface area contributed by atoms with Crippen molar-refractivity contribution in [1.29, 1.82) is 0 Å². The second kappa shape index (κ2) is 24.7. The smallest absolute Gasteiger partial charge is 0.373 e. The number of piperazine rings is 3. The van der Waals surface area contributed by atoms with Crippen molar-refractivity contribution in [3.8, 4) is 0 Å². The maximum absolute atomic E-state index is 14.5. The minimum Gasteiger partial charge on any atom is -0.373 e. The van der Waals surface area contributed by atoms with Gasteiger partial charge < -0.3 is 40.9 Å². The SMILES string of the molecule is CN1CCNCC1.Cc1ccc2nc(Cl)c(Cl)nc2c1F.Cc1ccc2nc(N3CCN(C)CC3)c(Cl)nc2c1F.Cc1ccc2nc(N3CCN(C)CC3)c3nnnn3c2c1F.[N-]=[N+]=[N-].[Na+]. The first-order valence-corrected chi connectivity index (χ1v) is 22.1. The van der Waals surface area contributed by atoms with E-state index >= 15 is 0 Å². The van der Waals surface area contributed by atoms with Gasteiger partial charge in [-0.05, 0) is 87.2 Å². The number of nitrogens with one attached hydrogen (secondary N) is 1. The molecule has 0 atom stereocenters. The summed E-state index contributed by atoms with van der Waals surface area (Å²) in [6, 6.07) is 10.3. The summed E-state index contributed by atoms with van der Waals surface area (Å²) in [5, 5.41) is 15.4. The third kappa shape index (κ3) is 13.2. The van der Waals surface area contributed by atoms with E-state index in [4.69, 9.17) is 45.9 Å². The summed E-state index contributed by atoms with van der Waals surface area (Å²) in [7, 11) is 6.33. The molecule has 4 aromatic heterocycles. The molecule has 0 bridgehead atoms. The molecule has 0 aliphatic carbocycles. The number of aromatic nitrogens is 9. The molecule has 3 aromatic carbocycles. The molecule has 10 rings (SSSR count). The van der Waals surface area contributed by atoms with Crippen LogP contribution in [-0.4, -0.2) is 159 Å². The molecule has 0 unspecified atom stereocenters. The van der Waals surface area contributed by atoms with Gasteiger partial charge in [0.2, 0.25) is 5.65 Å². The molecule has 3 aliphatic rings. The largest absolute Gasteiger partial charge is 1.00 e. The van der Waals surface area contributed by atoms with Gasteiger partial charge in [0.25, 0.3) is 0 Å². The standard InChI is InChI=1S/C14H16ClFN4.C14H16FN7.C9H5Cl2FN2.C5H12N2.N3.Na/c1-9-3-4-10-12(11(9)16)18-13(15)14(17-10)20-7-5-19(2)6-8-20;1-9-3-4-10-12(11(9)15)22-14(17-18-19-22)13(16-10)21-7-5-20(2)6-8-21;1-4-2-3-5-7(6(4)12)14-9(11)8(10)13-5;1-7-4-2-6-3-5-7;1-3-2;/h3-4H,5-8H2,1-2H3;3-4H,5-8H2,1-2H3;2-3H,1H3;6H,2-5H2,1H3;;/q;;;;-1;+1. The van der Waals surface area contributed by atoms with E-state index < -0.39 is 5.82 Å². The monoisotopic (exact) mass is 990 g/mol. The van der Waals surface area contributed by atoms with Crippen LogP contribution in [0.25, 0.3) is 54.7 Å². The van der Waals surface area contributed by atoms with Crippen molar-refractivity contribution >= 4 is 85.2 Å². The Balaban J connectivity index is 0.000000172. The fourth-order valence-corrected chi connectivity index (χ4v) is 7.63. The summed E-state index contributed by atoms with van der Waals surface area (Å²) in [6.07, 6.45) is 0. The summed E-state index contributed by atoms with van der Waals surface area (Å²) < 4.78 is 43.4. The van der Waals surface area contributed by atoms with Gasteiger partial charge in [-0.3, -0.25) is 4.91 Å².